The van der Waals surface area contributed by atoms with Crippen LogP contribution in [0.15, 0.2) is 48.8 Å². The average molecular weight is 472 g/mol. The molecule has 1 heterocycles. The van der Waals surface area contributed by atoms with E-state index in [1.54, 1.807) is 36.4 Å². The maximum Gasteiger partial charge on any atom is 0.269 e. The van der Waals surface area contributed by atoms with E-state index < -0.39 is 17.9 Å². The number of nitrogens with two attached hydrogens (primary N) is 1. The van der Waals surface area contributed by atoms with Crippen LogP contribution in [0.4, 0.5) is 11.5 Å². The highest BCUT2D eigenvalue weighted by atomic mass is 16.2. The highest BCUT2D eigenvalue weighted by Crippen LogP contribution is 2.31. The molecular weight excluding hydrogens is 446 g/mol. The molecule has 0 spiro atoms. The van der Waals surface area contributed by atoms with E-state index in [0.717, 1.165) is 19.1 Å². The zero-order chi connectivity index (χ0) is 24.9. The number of carbonyl (C=O) groups excluding carboxylic acids is 3. The SMILES string of the molecule is N=C(CC(=N)C1CC1)C(=O)Nc1cccc(C(CC=O)Nc2ncnc3c(C(N)=O)cccc23)c1. The molecule has 0 aliphatic heterocycles. The highest BCUT2D eigenvalue weighted by Gasteiger charge is 2.28. The van der Waals surface area contributed by atoms with Crippen LogP contribution >= 0.6 is 0 Å². The number of hydrogen-bond acceptors (Lipinski definition) is 8. The number of para-hydroxylation sites is 1. The standard InChI is InChI=1S/C25H25N7O3/c26-19(14-7-8-14)12-20(27)25(35)31-16-4-1-3-15(11-16)21(9-10-33)32-24-18-6-2-5-17(23(28)34)22(18)29-13-30-24/h1-6,10-11,13-14,21,26-27H,7-9,12H2,(H2,28,34)(H,31,35)(H,29,30,32). The molecule has 1 aliphatic carbocycles. The molecule has 35 heavy (non-hydrogen) atoms. The van der Waals surface area contributed by atoms with Crippen molar-refractivity contribution < 1.29 is 14.4 Å². The minimum Gasteiger partial charge on any atom is -0.366 e. The second-order valence-electron chi connectivity index (χ2n) is 8.42. The lowest BCUT2D eigenvalue weighted by Crippen LogP contribution is -2.25. The Bertz CT molecular complexity index is 1330. The van der Waals surface area contributed by atoms with Crippen LogP contribution in [0.5, 0.6) is 0 Å². The molecular formula is C25H25N7O3. The van der Waals surface area contributed by atoms with Crippen LogP contribution in [0.25, 0.3) is 10.9 Å². The molecule has 6 N–H and O–H groups in total. The van der Waals surface area contributed by atoms with Crippen LogP contribution in [-0.2, 0) is 9.59 Å². The van der Waals surface area contributed by atoms with Crippen molar-refractivity contribution in [2.24, 2.45) is 11.7 Å². The van der Waals surface area contributed by atoms with E-state index in [4.69, 9.17) is 16.6 Å². The van der Waals surface area contributed by atoms with Gasteiger partial charge in [0.2, 0.25) is 0 Å². The van der Waals surface area contributed by atoms with Crippen molar-refractivity contribution in [3.63, 3.8) is 0 Å². The number of aromatic nitrogens is 2. The fraction of sp³-hybridized carbons (Fsp3) is 0.240. The van der Waals surface area contributed by atoms with Gasteiger partial charge >= 0.3 is 0 Å². The first kappa shape index (κ1) is 23.7. The van der Waals surface area contributed by atoms with E-state index >= 15 is 0 Å². The zero-order valence-corrected chi connectivity index (χ0v) is 18.9. The third-order valence-electron chi connectivity index (χ3n) is 5.83. The molecule has 0 saturated heterocycles. The largest absolute Gasteiger partial charge is 0.366 e. The summed E-state index contributed by atoms with van der Waals surface area (Å²) in [6.07, 6.45) is 4.15. The fourth-order valence-electron chi connectivity index (χ4n) is 3.83. The van der Waals surface area contributed by atoms with Gasteiger partial charge in [0.25, 0.3) is 11.8 Å². The number of anilines is 2. The first-order valence-corrected chi connectivity index (χ1v) is 11.2. The summed E-state index contributed by atoms with van der Waals surface area (Å²) in [4.78, 5) is 44.2. The molecule has 10 nitrogen and oxygen atoms in total. The number of nitrogens with one attached hydrogen (secondary N) is 4. The Kier molecular flexibility index (Phi) is 6.91. The van der Waals surface area contributed by atoms with E-state index in [-0.39, 0.29) is 30.0 Å². The van der Waals surface area contributed by atoms with Gasteiger partial charge in [0.15, 0.2) is 0 Å². The van der Waals surface area contributed by atoms with Crippen LogP contribution in [0, 0.1) is 16.7 Å². The van der Waals surface area contributed by atoms with Crippen molar-refractivity contribution in [1.82, 2.24) is 9.97 Å². The molecule has 1 saturated carbocycles. The lowest BCUT2D eigenvalue weighted by Gasteiger charge is -2.19. The summed E-state index contributed by atoms with van der Waals surface area (Å²) >= 11 is 0. The minimum absolute atomic E-state index is 0.0413. The summed E-state index contributed by atoms with van der Waals surface area (Å²) in [5.41, 5.74) is 7.58. The second-order valence-corrected chi connectivity index (χ2v) is 8.42. The number of aldehydes is 1. The van der Waals surface area contributed by atoms with Crippen LogP contribution in [0.2, 0.25) is 0 Å². The van der Waals surface area contributed by atoms with Gasteiger partial charge in [0.05, 0.1) is 17.1 Å². The summed E-state index contributed by atoms with van der Waals surface area (Å²) in [5.74, 6) is -0.530. The summed E-state index contributed by atoms with van der Waals surface area (Å²) in [6, 6.07) is 11.5. The molecule has 0 radical (unpaired) electrons. The smallest absolute Gasteiger partial charge is 0.269 e. The highest BCUT2D eigenvalue weighted by molar-refractivity contribution is 6.44. The number of fused-ring (bicyclic) bond motifs is 1. The van der Waals surface area contributed by atoms with Gasteiger partial charge in [-0.2, -0.15) is 0 Å². The molecule has 10 heteroatoms. The van der Waals surface area contributed by atoms with E-state index in [1.165, 1.54) is 6.33 Å². The van der Waals surface area contributed by atoms with Gasteiger partial charge in [-0.3, -0.25) is 15.0 Å². The number of benzene rings is 2. The van der Waals surface area contributed by atoms with Crippen LogP contribution in [-0.4, -0.2) is 39.5 Å². The van der Waals surface area contributed by atoms with Gasteiger partial charge in [0, 0.05) is 29.6 Å². The Morgan fingerprint density at radius 1 is 1.14 bits per heavy atom. The van der Waals surface area contributed by atoms with E-state index in [0.29, 0.717) is 33.7 Å². The van der Waals surface area contributed by atoms with Gasteiger partial charge in [-0.15, -0.1) is 0 Å². The number of nitrogens with zero attached hydrogens (tertiary/aromatic N) is 2. The van der Waals surface area contributed by atoms with Crippen molar-refractivity contribution in [3.05, 3.63) is 59.9 Å². The lowest BCUT2D eigenvalue weighted by molar-refractivity contribution is -0.110. The quantitative estimate of drug-likeness (QED) is 0.212. The summed E-state index contributed by atoms with van der Waals surface area (Å²) < 4.78 is 0. The molecule has 1 atom stereocenters. The molecule has 1 aromatic heterocycles. The third kappa shape index (κ3) is 5.55. The van der Waals surface area contributed by atoms with E-state index in [9.17, 15) is 14.4 Å². The maximum absolute atomic E-state index is 12.5. The molecule has 2 aromatic carbocycles. The van der Waals surface area contributed by atoms with Crippen molar-refractivity contribution in [3.8, 4) is 0 Å². The summed E-state index contributed by atoms with van der Waals surface area (Å²) in [6.45, 7) is 0. The molecule has 1 fully saturated rings. The van der Waals surface area contributed by atoms with Crippen molar-refractivity contribution in [2.75, 3.05) is 10.6 Å². The number of primary amides is 1. The molecule has 1 aliphatic rings. The topological polar surface area (TPSA) is 175 Å². The Morgan fingerprint density at radius 3 is 2.63 bits per heavy atom. The Balaban J connectivity index is 1.54. The number of rotatable bonds is 11. The first-order valence-electron chi connectivity index (χ1n) is 11.2. The second kappa shape index (κ2) is 10.2. The average Bonchev–Trinajstić information content (AvgIpc) is 3.69. The Morgan fingerprint density at radius 2 is 1.91 bits per heavy atom. The molecule has 178 valence electrons. The molecule has 0 bridgehead atoms. The summed E-state index contributed by atoms with van der Waals surface area (Å²) in [7, 11) is 0. The number of amides is 2. The van der Waals surface area contributed by atoms with Crippen molar-refractivity contribution >= 4 is 51.9 Å². The van der Waals surface area contributed by atoms with E-state index in [1.807, 2.05) is 6.07 Å². The van der Waals surface area contributed by atoms with Gasteiger partial charge < -0.3 is 26.6 Å². The zero-order valence-electron chi connectivity index (χ0n) is 18.9. The molecule has 4 rings (SSSR count). The monoisotopic (exact) mass is 471 g/mol. The van der Waals surface area contributed by atoms with Gasteiger partial charge in [-0.1, -0.05) is 18.2 Å². The van der Waals surface area contributed by atoms with Crippen LogP contribution in [0.1, 0.15) is 47.6 Å². The van der Waals surface area contributed by atoms with Crippen LogP contribution < -0.4 is 16.4 Å². The van der Waals surface area contributed by atoms with Gasteiger partial charge in [-0.25, -0.2) is 9.97 Å². The van der Waals surface area contributed by atoms with Gasteiger partial charge in [-0.05, 0) is 48.6 Å². The Hall–Kier alpha value is -4.47. The Labute approximate surface area is 201 Å². The van der Waals surface area contributed by atoms with E-state index in [2.05, 4.69) is 20.6 Å². The minimum atomic E-state index is -0.606. The fourth-order valence-corrected chi connectivity index (χ4v) is 3.83. The third-order valence-corrected chi connectivity index (χ3v) is 5.83. The van der Waals surface area contributed by atoms with Crippen LogP contribution in [0.3, 0.4) is 0 Å². The van der Waals surface area contributed by atoms with Gasteiger partial charge in [0.1, 0.15) is 24.1 Å². The first-order chi connectivity index (χ1) is 16.9. The molecule has 2 amide bonds. The predicted octanol–water partition coefficient (Wildman–Crippen LogP) is 3.25. The van der Waals surface area contributed by atoms with Crippen molar-refractivity contribution in [1.29, 1.82) is 10.8 Å². The number of hydrogen-bond donors (Lipinski definition) is 5. The predicted molar refractivity (Wildman–Crippen MR) is 133 cm³/mol. The normalized spacial score (nSPS) is 13.6. The molecule has 1 unspecified atom stereocenters. The van der Waals surface area contributed by atoms with Crippen molar-refractivity contribution in [2.45, 2.75) is 31.7 Å². The summed E-state index contributed by atoms with van der Waals surface area (Å²) in [5, 5.41) is 22.5. The maximum atomic E-state index is 12.5. The number of carbonyl (C=O) groups is 3. The lowest BCUT2D eigenvalue weighted by atomic mass is 10.0. The molecule has 3 aromatic rings.